The number of carbonyl (C=O) groups excluding carboxylic acids is 1. The lowest BCUT2D eigenvalue weighted by Gasteiger charge is -2.44. The number of fused-ring (bicyclic) bond motifs is 1. The molecule has 0 radical (unpaired) electrons. The van der Waals surface area contributed by atoms with Gasteiger partial charge in [0.05, 0.1) is 29.5 Å². The van der Waals surface area contributed by atoms with Crippen LogP contribution in [0.25, 0.3) is 0 Å². The summed E-state index contributed by atoms with van der Waals surface area (Å²) in [6, 6.07) is 5.25. The summed E-state index contributed by atoms with van der Waals surface area (Å²) in [6.45, 7) is 2.07. The SMILES string of the molecule is CN1C(=O)CN(C2CNC2)c2ccc(C(=O)O)cc21. The van der Waals surface area contributed by atoms with E-state index in [1.54, 1.807) is 25.2 Å². The second-order valence-electron chi connectivity index (χ2n) is 4.90. The van der Waals surface area contributed by atoms with Gasteiger partial charge in [-0.25, -0.2) is 4.79 Å². The molecule has 1 aromatic rings. The summed E-state index contributed by atoms with van der Waals surface area (Å²) in [6.07, 6.45) is 0. The number of aromatic carboxylic acids is 1. The lowest BCUT2D eigenvalue weighted by atomic mass is 10.0. The third-order valence-corrected chi connectivity index (χ3v) is 3.77. The zero-order valence-electron chi connectivity index (χ0n) is 10.6. The lowest BCUT2D eigenvalue weighted by Crippen LogP contribution is -2.61. The van der Waals surface area contributed by atoms with E-state index in [4.69, 9.17) is 5.11 Å². The Morgan fingerprint density at radius 2 is 2.11 bits per heavy atom. The van der Waals surface area contributed by atoms with Crippen molar-refractivity contribution < 1.29 is 14.7 Å². The quantitative estimate of drug-likeness (QED) is 0.792. The van der Waals surface area contributed by atoms with Crippen LogP contribution >= 0.6 is 0 Å². The number of carbonyl (C=O) groups is 2. The Morgan fingerprint density at radius 3 is 2.68 bits per heavy atom. The van der Waals surface area contributed by atoms with Crippen LogP contribution in [0.2, 0.25) is 0 Å². The molecule has 0 aliphatic carbocycles. The monoisotopic (exact) mass is 261 g/mol. The predicted molar refractivity (Wildman–Crippen MR) is 70.8 cm³/mol. The van der Waals surface area contributed by atoms with Crippen molar-refractivity contribution in [3.8, 4) is 0 Å². The normalized spacial score (nSPS) is 19.1. The minimum atomic E-state index is -0.980. The molecule has 0 spiro atoms. The van der Waals surface area contributed by atoms with E-state index in [9.17, 15) is 9.59 Å². The van der Waals surface area contributed by atoms with E-state index in [0.29, 0.717) is 18.3 Å². The first-order valence-electron chi connectivity index (χ1n) is 6.19. The first-order chi connectivity index (χ1) is 9.08. The second kappa shape index (κ2) is 4.24. The maximum atomic E-state index is 12.0. The number of benzene rings is 1. The van der Waals surface area contributed by atoms with Gasteiger partial charge < -0.3 is 20.2 Å². The van der Waals surface area contributed by atoms with Gasteiger partial charge in [-0.1, -0.05) is 0 Å². The van der Waals surface area contributed by atoms with Gasteiger partial charge in [0, 0.05) is 20.1 Å². The molecule has 1 amide bonds. The smallest absolute Gasteiger partial charge is 0.335 e. The van der Waals surface area contributed by atoms with E-state index in [1.807, 2.05) is 0 Å². The minimum absolute atomic E-state index is 0.0121. The van der Waals surface area contributed by atoms with Crippen molar-refractivity contribution in [1.29, 1.82) is 0 Å². The van der Waals surface area contributed by atoms with Gasteiger partial charge in [-0.15, -0.1) is 0 Å². The van der Waals surface area contributed by atoms with Crippen LogP contribution in [-0.4, -0.2) is 49.7 Å². The summed E-state index contributed by atoms with van der Waals surface area (Å²) in [4.78, 5) is 26.6. The molecule has 0 saturated carbocycles. The number of nitrogens with one attached hydrogen (secondary N) is 1. The number of likely N-dealkylation sites (N-methyl/N-ethyl adjacent to an activating group) is 1. The van der Waals surface area contributed by atoms with Crippen molar-refractivity contribution in [2.45, 2.75) is 6.04 Å². The molecule has 1 aromatic carbocycles. The van der Waals surface area contributed by atoms with E-state index < -0.39 is 5.97 Å². The Hall–Kier alpha value is -2.08. The van der Waals surface area contributed by atoms with Crippen molar-refractivity contribution >= 4 is 23.3 Å². The average molecular weight is 261 g/mol. The molecule has 2 N–H and O–H groups in total. The Balaban J connectivity index is 2.05. The summed E-state index contributed by atoms with van der Waals surface area (Å²) < 4.78 is 0. The third kappa shape index (κ3) is 1.84. The Labute approximate surface area is 110 Å². The van der Waals surface area contributed by atoms with Crippen LogP contribution in [-0.2, 0) is 4.79 Å². The van der Waals surface area contributed by atoms with Gasteiger partial charge in [0.15, 0.2) is 0 Å². The predicted octanol–water partition coefficient (Wildman–Crippen LogP) is 0.139. The molecule has 0 aromatic heterocycles. The highest BCUT2D eigenvalue weighted by Gasteiger charge is 2.34. The first kappa shape index (κ1) is 12.0. The molecular weight excluding hydrogens is 246 g/mol. The maximum Gasteiger partial charge on any atom is 0.335 e. The van der Waals surface area contributed by atoms with Crippen LogP contribution in [0, 0.1) is 0 Å². The highest BCUT2D eigenvalue weighted by atomic mass is 16.4. The van der Waals surface area contributed by atoms with Crippen molar-refractivity contribution in [3.05, 3.63) is 23.8 Å². The molecule has 3 rings (SSSR count). The molecule has 2 aliphatic heterocycles. The molecule has 0 bridgehead atoms. The van der Waals surface area contributed by atoms with E-state index in [-0.39, 0.29) is 11.5 Å². The number of anilines is 2. The highest BCUT2D eigenvalue weighted by molar-refractivity contribution is 6.04. The maximum absolute atomic E-state index is 12.0. The summed E-state index contributed by atoms with van der Waals surface area (Å²) >= 11 is 0. The van der Waals surface area contributed by atoms with Crippen molar-refractivity contribution in [1.82, 2.24) is 5.32 Å². The fraction of sp³-hybridized carbons (Fsp3) is 0.385. The van der Waals surface area contributed by atoms with Crippen molar-refractivity contribution in [2.75, 3.05) is 36.5 Å². The molecule has 0 atom stereocenters. The van der Waals surface area contributed by atoms with Gasteiger partial charge in [0.2, 0.25) is 5.91 Å². The number of rotatable bonds is 2. The Bertz CT molecular complexity index is 554. The van der Waals surface area contributed by atoms with Gasteiger partial charge in [0.25, 0.3) is 0 Å². The van der Waals surface area contributed by atoms with E-state index in [2.05, 4.69) is 10.2 Å². The molecule has 0 unspecified atom stereocenters. The van der Waals surface area contributed by atoms with Crippen LogP contribution in [0.5, 0.6) is 0 Å². The van der Waals surface area contributed by atoms with E-state index >= 15 is 0 Å². The van der Waals surface area contributed by atoms with Crippen molar-refractivity contribution in [3.63, 3.8) is 0 Å². The van der Waals surface area contributed by atoms with Gasteiger partial charge >= 0.3 is 5.97 Å². The van der Waals surface area contributed by atoms with Crippen LogP contribution < -0.4 is 15.1 Å². The lowest BCUT2D eigenvalue weighted by molar-refractivity contribution is -0.117. The Kier molecular flexibility index (Phi) is 2.67. The van der Waals surface area contributed by atoms with Crippen LogP contribution in [0.3, 0.4) is 0 Å². The van der Waals surface area contributed by atoms with Gasteiger partial charge in [-0.3, -0.25) is 4.79 Å². The average Bonchev–Trinajstić information content (AvgIpc) is 2.32. The zero-order valence-corrected chi connectivity index (χ0v) is 10.6. The molecule has 1 fully saturated rings. The fourth-order valence-corrected chi connectivity index (χ4v) is 2.46. The topological polar surface area (TPSA) is 72.9 Å². The molecule has 2 aliphatic rings. The zero-order chi connectivity index (χ0) is 13.6. The number of hydrogen-bond donors (Lipinski definition) is 2. The summed E-state index contributed by atoms with van der Waals surface area (Å²) in [5, 5.41) is 12.2. The number of carboxylic acids is 1. The molecule has 19 heavy (non-hydrogen) atoms. The van der Waals surface area contributed by atoms with Gasteiger partial charge in [-0.05, 0) is 18.2 Å². The number of nitrogens with zero attached hydrogens (tertiary/aromatic N) is 2. The number of hydrogen-bond acceptors (Lipinski definition) is 4. The van der Waals surface area contributed by atoms with Gasteiger partial charge in [-0.2, -0.15) is 0 Å². The molecule has 1 saturated heterocycles. The second-order valence-corrected chi connectivity index (χ2v) is 4.90. The molecule has 100 valence electrons. The summed E-state index contributed by atoms with van der Waals surface area (Å²) in [7, 11) is 1.68. The molecule has 2 heterocycles. The largest absolute Gasteiger partial charge is 0.478 e. The number of amides is 1. The molecular formula is C13H15N3O3. The van der Waals surface area contributed by atoms with Crippen LogP contribution in [0.1, 0.15) is 10.4 Å². The van der Waals surface area contributed by atoms with E-state index in [1.165, 1.54) is 4.90 Å². The first-order valence-corrected chi connectivity index (χ1v) is 6.19. The summed E-state index contributed by atoms with van der Waals surface area (Å²) in [5.41, 5.74) is 1.80. The molecule has 6 heteroatoms. The molecule has 6 nitrogen and oxygen atoms in total. The van der Waals surface area contributed by atoms with Crippen LogP contribution in [0.15, 0.2) is 18.2 Å². The fourth-order valence-electron chi connectivity index (χ4n) is 2.46. The summed E-state index contributed by atoms with van der Waals surface area (Å²) in [5.74, 6) is -0.993. The third-order valence-electron chi connectivity index (χ3n) is 3.77. The minimum Gasteiger partial charge on any atom is -0.478 e. The van der Waals surface area contributed by atoms with Crippen molar-refractivity contribution in [2.24, 2.45) is 0 Å². The number of carboxylic acid groups (broad SMARTS) is 1. The standard InChI is InChI=1S/C13H15N3O3/c1-15-11-4-8(13(18)19)2-3-10(11)16(7-12(15)17)9-5-14-6-9/h2-4,9,14H,5-7H2,1H3,(H,18,19). The van der Waals surface area contributed by atoms with Crippen LogP contribution in [0.4, 0.5) is 11.4 Å². The van der Waals surface area contributed by atoms with E-state index in [0.717, 1.165) is 18.8 Å². The highest BCUT2D eigenvalue weighted by Crippen LogP contribution is 2.35. The van der Waals surface area contributed by atoms with Gasteiger partial charge in [0.1, 0.15) is 0 Å². The Morgan fingerprint density at radius 1 is 1.37 bits per heavy atom.